The molecule has 2 aliphatic heterocycles. The van der Waals surface area contributed by atoms with E-state index >= 15 is 0 Å². The number of urea groups is 1. The Kier molecular flexibility index (Phi) is 6.17. The van der Waals surface area contributed by atoms with Gasteiger partial charge in [0.25, 0.3) is 5.91 Å². The van der Waals surface area contributed by atoms with Crippen LogP contribution >= 0.6 is 11.3 Å². The molecule has 1 aromatic heterocycles. The maximum Gasteiger partial charge on any atom is 0.416 e. The van der Waals surface area contributed by atoms with Crippen molar-refractivity contribution in [1.82, 2.24) is 14.7 Å². The van der Waals surface area contributed by atoms with Gasteiger partial charge in [0.15, 0.2) is 0 Å². The molecule has 0 radical (unpaired) electrons. The van der Waals surface area contributed by atoms with Crippen LogP contribution in [0.15, 0.2) is 36.4 Å². The third-order valence-electron chi connectivity index (χ3n) is 6.11. The summed E-state index contributed by atoms with van der Waals surface area (Å²) in [6, 6.07) is 8.27. The number of nitrogens with two attached hydrogens (primary N) is 1. The van der Waals surface area contributed by atoms with Gasteiger partial charge in [-0.3, -0.25) is 4.79 Å². The number of likely N-dealkylation sites (N-methyl/N-ethyl adjacent to an activating group) is 1. The number of likely N-dealkylation sites (tertiary alicyclic amines) is 2. The summed E-state index contributed by atoms with van der Waals surface area (Å²) in [5.41, 5.74) is 5.82. The Morgan fingerprint density at radius 1 is 1.03 bits per heavy atom. The molecule has 2 N–H and O–H groups in total. The fourth-order valence-corrected chi connectivity index (χ4v) is 5.16. The highest BCUT2D eigenvalue weighted by Gasteiger charge is 2.35. The maximum absolute atomic E-state index is 13.0. The summed E-state index contributed by atoms with van der Waals surface area (Å²) in [7, 11) is 1.73. The summed E-state index contributed by atoms with van der Waals surface area (Å²) in [4.78, 5) is 32.1. The second-order valence-electron chi connectivity index (χ2n) is 8.32. The van der Waals surface area contributed by atoms with Gasteiger partial charge >= 0.3 is 12.2 Å². The van der Waals surface area contributed by atoms with Crippen molar-refractivity contribution in [2.45, 2.75) is 31.1 Å². The van der Waals surface area contributed by atoms with E-state index in [0.29, 0.717) is 43.0 Å². The first kappa shape index (κ1) is 22.6. The lowest BCUT2D eigenvalue weighted by molar-refractivity contribution is -0.137. The van der Waals surface area contributed by atoms with E-state index in [2.05, 4.69) is 0 Å². The lowest BCUT2D eigenvalue weighted by Gasteiger charge is -2.27. The number of carbonyl (C=O) groups excluding carboxylic acids is 2. The number of rotatable bonds is 3. The molecule has 32 heavy (non-hydrogen) atoms. The summed E-state index contributed by atoms with van der Waals surface area (Å²) in [5.74, 6) is -0.157. The van der Waals surface area contributed by atoms with E-state index in [1.165, 1.54) is 23.5 Å². The highest BCUT2D eigenvalue weighted by atomic mass is 32.1. The van der Waals surface area contributed by atoms with E-state index in [9.17, 15) is 22.8 Å². The number of amides is 3. The Bertz CT molecular complexity index is 992. The summed E-state index contributed by atoms with van der Waals surface area (Å²) < 4.78 is 38.3. The molecule has 4 rings (SSSR count). The Morgan fingerprint density at radius 2 is 1.69 bits per heavy atom. The molecule has 0 aliphatic carbocycles. The molecule has 10 heteroatoms. The lowest BCUT2D eigenvalue weighted by atomic mass is 10.1. The predicted octanol–water partition coefficient (Wildman–Crippen LogP) is 3.73. The standard InChI is InChI=1S/C22H25F3N4O2S/c1-27(17-9-11-29(13-17)21(31)28-10-8-16(26)12-28)20(30)19-7-6-18(32-19)14-2-4-15(5-3-14)22(23,24)25/h2-7,16-17H,8-13,26H2,1H3. The molecule has 0 spiro atoms. The van der Waals surface area contributed by atoms with Gasteiger partial charge in [0, 0.05) is 44.1 Å². The first-order valence-corrected chi connectivity index (χ1v) is 11.3. The van der Waals surface area contributed by atoms with Crippen molar-refractivity contribution in [2.24, 2.45) is 5.73 Å². The van der Waals surface area contributed by atoms with Crippen LogP contribution in [0.2, 0.25) is 0 Å². The molecule has 2 saturated heterocycles. The maximum atomic E-state index is 13.0. The van der Waals surface area contributed by atoms with Crippen LogP contribution in [-0.4, -0.2) is 71.9 Å². The molecule has 2 atom stereocenters. The average molecular weight is 467 g/mol. The van der Waals surface area contributed by atoms with Crippen LogP contribution in [0.25, 0.3) is 10.4 Å². The van der Waals surface area contributed by atoms with Crippen LogP contribution in [0.1, 0.15) is 28.1 Å². The van der Waals surface area contributed by atoms with Crippen LogP contribution in [-0.2, 0) is 6.18 Å². The Labute approximate surface area is 188 Å². The number of hydrogen-bond acceptors (Lipinski definition) is 4. The van der Waals surface area contributed by atoms with Gasteiger partial charge in [0.2, 0.25) is 0 Å². The Hall–Kier alpha value is -2.59. The van der Waals surface area contributed by atoms with Crippen molar-refractivity contribution >= 4 is 23.3 Å². The van der Waals surface area contributed by atoms with Gasteiger partial charge in [0.1, 0.15) is 0 Å². The minimum atomic E-state index is -4.38. The molecule has 3 amide bonds. The molecular formula is C22H25F3N4O2S. The third-order valence-corrected chi connectivity index (χ3v) is 7.23. The molecule has 6 nitrogen and oxygen atoms in total. The van der Waals surface area contributed by atoms with Crippen molar-refractivity contribution in [3.05, 3.63) is 46.8 Å². The highest BCUT2D eigenvalue weighted by molar-refractivity contribution is 7.17. The predicted molar refractivity (Wildman–Crippen MR) is 116 cm³/mol. The summed E-state index contributed by atoms with van der Waals surface area (Å²) in [6.07, 6.45) is -2.87. The van der Waals surface area contributed by atoms with Crippen LogP contribution < -0.4 is 5.73 Å². The van der Waals surface area contributed by atoms with E-state index < -0.39 is 11.7 Å². The average Bonchev–Trinajstić information content (AvgIpc) is 3.52. The monoisotopic (exact) mass is 466 g/mol. The second kappa shape index (κ2) is 8.74. The smallest absolute Gasteiger partial charge is 0.336 e. The third kappa shape index (κ3) is 4.61. The topological polar surface area (TPSA) is 69.9 Å². The number of benzene rings is 1. The minimum Gasteiger partial charge on any atom is -0.336 e. The Balaban J connectivity index is 1.38. The number of hydrogen-bond donors (Lipinski definition) is 1. The normalized spacial score (nSPS) is 21.3. The van der Waals surface area contributed by atoms with Gasteiger partial charge in [-0.25, -0.2) is 4.79 Å². The fourth-order valence-electron chi connectivity index (χ4n) is 4.16. The number of carbonyl (C=O) groups is 2. The van der Waals surface area contributed by atoms with Gasteiger partial charge in [-0.1, -0.05) is 12.1 Å². The van der Waals surface area contributed by atoms with Crippen molar-refractivity contribution < 1.29 is 22.8 Å². The quantitative estimate of drug-likeness (QED) is 0.750. The van der Waals surface area contributed by atoms with Crippen LogP contribution in [0.3, 0.4) is 0 Å². The zero-order valence-corrected chi connectivity index (χ0v) is 18.5. The number of alkyl halides is 3. The molecule has 1 aromatic carbocycles. The van der Waals surface area contributed by atoms with E-state index in [0.717, 1.165) is 23.4 Å². The zero-order chi connectivity index (χ0) is 23.0. The number of halogens is 3. The van der Waals surface area contributed by atoms with Crippen LogP contribution in [0.5, 0.6) is 0 Å². The van der Waals surface area contributed by atoms with E-state index in [4.69, 9.17) is 5.73 Å². The Morgan fingerprint density at radius 3 is 2.31 bits per heavy atom. The van der Waals surface area contributed by atoms with Gasteiger partial charge in [-0.15, -0.1) is 11.3 Å². The van der Waals surface area contributed by atoms with Crippen molar-refractivity contribution in [2.75, 3.05) is 33.2 Å². The molecule has 172 valence electrons. The molecule has 2 aromatic rings. The van der Waals surface area contributed by atoms with E-state index in [1.54, 1.807) is 33.9 Å². The number of thiophene rings is 1. The lowest BCUT2D eigenvalue weighted by Crippen LogP contribution is -2.44. The molecule has 2 aliphatic rings. The van der Waals surface area contributed by atoms with Gasteiger partial charge in [-0.05, 0) is 42.7 Å². The number of nitrogens with zero attached hydrogens (tertiary/aromatic N) is 3. The van der Waals surface area contributed by atoms with Crippen LogP contribution in [0, 0.1) is 0 Å². The zero-order valence-electron chi connectivity index (χ0n) is 17.6. The molecule has 2 fully saturated rings. The van der Waals surface area contributed by atoms with Gasteiger partial charge < -0.3 is 20.4 Å². The van der Waals surface area contributed by atoms with Crippen LogP contribution in [0.4, 0.5) is 18.0 Å². The fraction of sp³-hybridized carbons (Fsp3) is 0.455. The van der Waals surface area contributed by atoms with Crippen molar-refractivity contribution in [3.63, 3.8) is 0 Å². The summed E-state index contributed by atoms with van der Waals surface area (Å²) in [6.45, 7) is 2.30. The molecule has 0 saturated carbocycles. The highest BCUT2D eigenvalue weighted by Crippen LogP contribution is 2.33. The van der Waals surface area contributed by atoms with E-state index in [-0.39, 0.29) is 24.0 Å². The first-order valence-electron chi connectivity index (χ1n) is 10.5. The first-order chi connectivity index (χ1) is 15.1. The second-order valence-corrected chi connectivity index (χ2v) is 9.40. The molecule has 2 unspecified atom stereocenters. The molecular weight excluding hydrogens is 441 g/mol. The summed E-state index contributed by atoms with van der Waals surface area (Å²) in [5, 5.41) is 0. The van der Waals surface area contributed by atoms with E-state index in [1.807, 2.05) is 0 Å². The SMILES string of the molecule is CN(C(=O)c1ccc(-c2ccc(C(F)(F)F)cc2)s1)C1CCN(C(=O)N2CCC(N)C2)C1. The minimum absolute atomic E-state index is 0.0259. The van der Waals surface area contributed by atoms with Crippen molar-refractivity contribution in [1.29, 1.82) is 0 Å². The van der Waals surface area contributed by atoms with Gasteiger partial charge in [-0.2, -0.15) is 13.2 Å². The molecule has 0 bridgehead atoms. The molecule has 3 heterocycles. The van der Waals surface area contributed by atoms with Gasteiger partial charge in [0.05, 0.1) is 16.5 Å². The van der Waals surface area contributed by atoms with Crippen molar-refractivity contribution in [3.8, 4) is 10.4 Å². The largest absolute Gasteiger partial charge is 0.416 e. The summed E-state index contributed by atoms with van der Waals surface area (Å²) >= 11 is 1.25.